The summed E-state index contributed by atoms with van der Waals surface area (Å²) in [6.45, 7) is 4.92. The normalized spacial score (nSPS) is 18.9. The predicted octanol–water partition coefficient (Wildman–Crippen LogP) is 1.31. The molecule has 0 radical (unpaired) electrons. The number of rotatable bonds is 6. The fraction of sp³-hybridized carbons (Fsp3) is 0.471. The van der Waals surface area contributed by atoms with Gasteiger partial charge in [0, 0.05) is 19.6 Å². The second-order valence-electron chi connectivity index (χ2n) is 5.41. The fourth-order valence-corrected chi connectivity index (χ4v) is 2.66. The first-order chi connectivity index (χ1) is 11.3. The van der Waals surface area contributed by atoms with E-state index in [1.54, 1.807) is 7.11 Å². The van der Waals surface area contributed by atoms with Gasteiger partial charge in [-0.05, 0) is 17.7 Å². The van der Waals surface area contributed by atoms with Crippen molar-refractivity contribution < 1.29 is 23.7 Å². The molecule has 1 aromatic carbocycles. The van der Waals surface area contributed by atoms with Crippen molar-refractivity contribution in [3.63, 3.8) is 0 Å². The van der Waals surface area contributed by atoms with Gasteiger partial charge >= 0.3 is 5.97 Å². The van der Waals surface area contributed by atoms with E-state index in [1.165, 1.54) is 0 Å². The van der Waals surface area contributed by atoms with Crippen LogP contribution in [0.15, 0.2) is 30.0 Å². The molecule has 2 aliphatic rings. The number of hydrogen-bond acceptors (Lipinski definition) is 6. The van der Waals surface area contributed by atoms with Crippen LogP contribution in [0.4, 0.5) is 0 Å². The van der Waals surface area contributed by atoms with E-state index >= 15 is 0 Å². The molecule has 0 aromatic heterocycles. The molecule has 6 heteroatoms. The van der Waals surface area contributed by atoms with Crippen molar-refractivity contribution in [3.8, 4) is 5.75 Å². The number of carbonyl (C=O) groups is 1. The van der Waals surface area contributed by atoms with Gasteiger partial charge in [-0.15, -0.1) is 0 Å². The number of benzene rings is 1. The summed E-state index contributed by atoms with van der Waals surface area (Å²) in [4.78, 5) is 14.3. The van der Waals surface area contributed by atoms with Crippen LogP contribution in [0.1, 0.15) is 5.56 Å². The monoisotopic (exact) mass is 319 g/mol. The number of nitrogens with zero attached hydrogens (tertiary/aromatic N) is 1. The summed E-state index contributed by atoms with van der Waals surface area (Å²) in [5, 5.41) is 0. The van der Waals surface area contributed by atoms with Crippen molar-refractivity contribution in [1.82, 2.24) is 4.90 Å². The van der Waals surface area contributed by atoms with Crippen molar-refractivity contribution in [2.45, 2.75) is 0 Å². The van der Waals surface area contributed by atoms with Crippen LogP contribution in [-0.2, 0) is 19.0 Å². The van der Waals surface area contributed by atoms with Crippen LogP contribution in [-0.4, -0.2) is 64.0 Å². The van der Waals surface area contributed by atoms with Gasteiger partial charge in [0.15, 0.2) is 0 Å². The van der Waals surface area contributed by atoms with E-state index in [9.17, 15) is 4.79 Å². The number of methoxy groups -OCH3 is 1. The van der Waals surface area contributed by atoms with Gasteiger partial charge in [-0.1, -0.05) is 12.1 Å². The number of morpholine rings is 1. The Balaban J connectivity index is 1.64. The Morgan fingerprint density at radius 2 is 1.91 bits per heavy atom. The van der Waals surface area contributed by atoms with E-state index in [-0.39, 0.29) is 12.6 Å². The van der Waals surface area contributed by atoms with E-state index in [1.807, 2.05) is 24.3 Å². The van der Waals surface area contributed by atoms with Crippen LogP contribution in [0.3, 0.4) is 0 Å². The molecule has 0 atom stereocenters. The number of ether oxygens (including phenoxy) is 4. The number of hydrogen-bond donors (Lipinski definition) is 0. The lowest BCUT2D eigenvalue weighted by Gasteiger charge is -2.26. The zero-order valence-electron chi connectivity index (χ0n) is 13.2. The maximum Gasteiger partial charge on any atom is 0.342 e. The third-order valence-corrected chi connectivity index (χ3v) is 3.98. The summed E-state index contributed by atoms with van der Waals surface area (Å²) in [6, 6.07) is 7.32. The van der Waals surface area contributed by atoms with Gasteiger partial charge in [0.2, 0.25) is 0 Å². The molecule has 2 heterocycles. The highest BCUT2D eigenvalue weighted by Gasteiger charge is 2.28. The summed E-state index contributed by atoms with van der Waals surface area (Å²) in [5.41, 5.74) is 1.30. The minimum Gasteiger partial charge on any atom is -0.497 e. The quantitative estimate of drug-likeness (QED) is 0.737. The predicted molar refractivity (Wildman–Crippen MR) is 84.1 cm³/mol. The maximum absolute atomic E-state index is 12.0. The summed E-state index contributed by atoms with van der Waals surface area (Å²) in [5.74, 6) is 1.01. The largest absolute Gasteiger partial charge is 0.497 e. The first kappa shape index (κ1) is 15.8. The Bertz CT molecular complexity index is 575. The zero-order chi connectivity index (χ0) is 16.1. The Morgan fingerprint density at radius 3 is 2.61 bits per heavy atom. The second-order valence-corrected chi connectivity index (χ2v) is 5.41. The molecule has 1 aromatic rings. The molecule has 23 heavy (non-hydrogen) atoms. The Morgan fingerprint density at radius 1 is 1.17 bits per heavy atom. The lowest BCUT2D eigenvalue weighted by molar-refractivity contribution is -0.134. The van der Waals surface area contributed by atoms with E-state index in [2.05, 4.69) is 4.90 Å². The molecule has 1 saturated heterocycles. The molecule has 0 spiro atoms. The van der Waals surface area contributed by atoms with E-state index in [0.717, 1.165) is 44.2 Å². The Hall–Kier alpha value is -2.05. The number of esters is 1. The molecule has 124 valence electrons. The molecule has 0 amide bonds. The van der Waals surface area contributed by atoms with Crippen molar-refractivity contribution >= 4 is 11.5 Å². The summed E-state index contributed by atoms with van der Waals surface area (Å²) in [7, 11) is 1.61. The summed E-state index contributed by atoms with van der Waals surface area (Å²) >= 11 is 0. The molecule has 0 saturated carbocycles. The van der Waals surface area contributed by atoms with Crippen LogP contribution in [0.5, 0.6) is 5.75 Å². The van der Waals surface area contributed by atoms with Gasteiger partial charge in [-0.25, -0.2) is 4.79 Å². The highest BCUT2D eigenvalue weighted by Crippen LogP contribution is 2.28. The van der Waals surface area contributed by atoms with Crippen LogP contribution in [0.25, 0.3) is 5.57 Å². The molecule has 0 aliphatic carbocycles. The van der Waals surface area contributed by atoms with Crippen LogP contribution in [0, 0.1) is 0 Å². The summed E-state index contributed by atoms with van der Waals surface area (Å²) < 4.78 is 21.4. The molecule has 0 unspecified atom stereocenters. The van der Waals surface area contributed by atoms with Crippen molar-refractivity contribution in [1.29, 1.82) is 0 Å². The molecule has 0 bridgehead atoms. The van der Waals surface area contributed by atoms with Crippen LogP contribution in [0.2, 0.25) is 0 Å². The smallest absolute Gasteiger partial charge is 0.342 e. The average molecular weight is 319 g/mol. The highest BCUT2D eigenvalue weighted by atomic mass is 16.6. The van der Waals surface area contributed by atoms with Crippen molar-refractivity contribution in [2.75, 3.05) is 53.2 Å². The number of cyclic esters (lactones) is 1. The third-order valence-electron chi connectivity index (χ3n) is 3.98. The third kappa shape index (κ3) is 3.83. The molecule has 0 N–H and O–H groups in total. The molecule has 6 nitrogen and oxygen atoms in total. The SMILES string of the molecule is COc1ccc(C2=C(OCCN3CCOCC3)COC2=O)cc1. The first-order valence-electron chi connectivity index (χ1n) is 7.75. The molecule has 3 rings (SSSR count). The zero-order valence-corrected chi connectivity index (χ0v) is 13.2. The first-order valence-corrected chi connectivity index (χ1v) is 7.75. The standard InChI is InChI=1S/C17H21NO5/c1-20-14-4-2-13(3-5-14)16-15(12-23-17(16)19)22-11-8-18-6-9-21-10-7-18/h2-5H,6-12H2,1H3. The van der Waals surface area contributed by atoms with Gasteiger partial charge in [0.05, 0.1) is 20.3 Å². The van der Waals surface area contributed by atoms with E-state index in [0.29, 0.717) is 17.9 Å². The van der Waals surface area contributed by atoms with Gasteiger partial charge in [-0.3, -0.25) is 4.90 Å². The lowest BCUT2D eigenvalue weighted by Crippen LogP contribution is -2.38. The van der Waals surface area contributed by atoms with Crippen molar-refractivity contribution in [2.24, 2.45) is 0 Å². The van der Waals surface area contributed by atoms with Gasteiger partial charge in [0.25, 0.3) is 0 Å². The molecular formula is C17H21NO5. The Kier molecular flexibility index (Phi) is 5.15. The fourth-order valence-electron chi connectivity index (χ4n) is 2.66. The molecular weight excluding hydrogens is 298 g/mol. The summed E-state index contributed by atoms with van der Waals surface area (Å²) in [6.07, 6.45) is 0. The minimum absolute atomic E-state index is 0.198. The topological polar surface area (TPSA) is 57.2 Å². The lowest BCUT2D eigenvalue weighted by atomic mass is 10.1. The number of carbonyl (C=O) groups excluding carboxylic acids is 1. The maximum atomic E-state index is 12.0. The second kappa shape index (κ2) is 7.48. The average Bonchev–Trinajstić information content (AvgIpc) is 2.97. The van der Waals surface area contributed by atoms with Crippen LogP contribution < -0.4 is 4.74 Å². The van der Waals surface area contributed by atoms with Gasteiger partial charge < -0.3 is 18.9 Å². The van der Waals surface area contributed by atoms with Crippen LogP contribution >= 0.6 is 0 Å². The van der Waals surface area contributed by atoms with Crippen molar-refractivity contribution in [3.05, 3.63) is 35.6 Å². The van der Waals surface area contributed by atoms with E-state index in [4.69, 9.17) is 18.9 Å². The molecule has 1 fully saturated rings. The van der Waals surface area contributed by atoms with Gasteiger partial charge in [0.1, 0.15) is 30.3 Å². The Labute approximate surface area is 135 Å². The highest BCUT2D eigenvalue weighted by molar-refractivity contribution is 6.18. The molecule has 2 aliphatic heterocycles. The minimum atomic E-state index is -0.337. The van der Waals surface area contributed by atoms with E-state index < -0.39 is 0 Å². The van der Waals surface area contributed by atoms with Gasteiger partial charge in [-0.2, -0.15) is 0 Å².